The molecule has 2 aliphatic rings. The van der Waals surface area contributed by atoms with Gasteiger partial charge in [-0.15, -0.1) is 0 Å². The van der Waals surface area contributed by atoms with Crippen molar-refractivity contribution in [1.82, 2.24) is 5.32 Å². The zero-order valence-corrected chi connectivity index (χ0v) is 15.9. The molecular formula is C24H30N2O. The fourth-order valence-corrected chi connectivity index (χ4v) is 5.10. The lowest BCUT2D eigenvalue weighted by Crippen LogP contribution is -2.54. The van der Waals surface area contributed by atoms with Gasteiger partial charge in [-0.2, -0.15) is 0 Å². The summed E-state index contributed by atoms with van der Waals surface area (Å²) in [6.45, 7) is 0.906. The van der Waals surface area contributed by atoms with Crippen LogP contribution in [-0.4, -0.2) is 18.5 Å². The van der Waals surface area contributed by atoms with Crippen LogP contribution >= 0.6 is 0 Å². The van der Waals surface area contributed by atoms with Gasteiger partial charge in [0.25, 0.3) is 0 Å². The molecule has 0 bridgehead atoms. The second kappa shape index (κ2) is 8.60. The number of benzene rings is 2. The minimum absolute atomic E-state index is 0.0873. The Labute approximate surface area is 162 Å². The van der Waals surface area contributed by atoms with Gasteiger partial charge in [-0.1, -0.05) is 61.4 Å². The number of fused-ring (bicyclic) bond motifs is 1. The molecule has 1 saturated carbocycles. The highest BCUT2D eigenvalue weighted by atomic mass is 16.2. The van der Waals surface area contributed by atoms with E-state index in [0.29, 0.717) is 17.9 Å². The maximum Gasteiger partial charge on any atom is 0.223 e. The molecule has 27 heavy (non-hydrogen) atoms. The van der Waals surface area contributed by atoms with Gasteiger partial charge in [0.1, 0.15) is 0 Å². The van der Waals surface area contributed by atoms with Crippen LogP contribution in [0.15, 0.2) is 60.7 Å². The molecule has 0 radical (unpaired) electrons. The topological polar surface area (TPSA) is 41.1 Å². The highest BCUT2D eigenvalue weighted by molar-refractivity contribution is 5.81. The molecule has 0 unspecified atom stereocenters. The van der Waals surface area contributed by atoms with Gasteiger partial charge in [0, 0.05) is 30.1 Å². The van der Waals surface area contributed by atoms with Gasteiger partial charge in [0.2, 0.25) is 5.91 Å². The quantitative estimate of drug-likeness (QED) is 0.713. The van der Waals surface area contributed by atoms with E-state index in [2.05, 4.69) is 53.1 Å². The zero-order valence-electron chi connectivity index (χ0n) is 15.9. The Morgan fingerprint density at radius 1 is 0.926 bits per heavy atom. The summed E-state index contributed by atoms with van der Waals surface area (Å²) in [5.74, 6) is 1.31. The second-order valence-electron chi connectivity index (χ2n) is 8.04. The first-order valence-electron chi connectivity index (χ1n) is 10.5. The molecular weight excluding hydrogens is 332 g/mol. The van der Waals surface area contributed by atoms with Gasteiger partial charge < -0.3 is 10.6 Å². The molecule has 4 rings (SSSR count). The normalized spacial score (nSPS) is 27.5. The number of carbonyl (C=O) groups excluding carboxylic acids is 1. The van der Waals surface area contributed by atoms with Gasteiger partial charge in [-0.25, -0.2) is 0 Å². The van der Waals surface area contributed by atoms with Gasteiger partial charge in [-0.05, 0) is 49.3 Å². The molecule has 4 atom stereocenters. The molecule has 3 nitrogen and oxygen atoms in total. The Hall–Kier alpha value is -2.29. The smallest absolute Gasteiger partial charge is 0.223 e. The van der Waals surface area contributed by atoms with Crippen LogP contribution in [0, 0.1) is 11.8 Å². The largest absolute Gasteiger partial charge is 0.385 e. The van der Waals surface area contributed by atoms with E-state index in [1.807, 2.05) is 18.2 Å². The van der Waals surface area contributed by atoms with Gasteiger partial charge >= 0.3 is 0 Å². The van der Waals surface area contributed by atoms with Crippen LogP contribution in [0.1, 0.15) is 50.0 Å². The van der Waals surface area contributed by atoms with Crippen LogP contribution in [0.25, 0.3) is 0 Å². The molecule has 3 heteroatoms. The predicted octanol–water partition coefficient (Wildman–Crippen LogP) is 4.97. The summed E-state index contributed by atoms with van der Waals surface area (Å²) in [4.78, 5) is 13.0. The molecule has 2 N–H and O–H groups in total. The predicted molar refractivity (Wildman–Crippen MR) is 111 cm³/mol. The first kappa shape index (κ1) is 18.1. The highest BCUT2D eigenvalue weighted by Gasteiger charge is 2.44. The molecule has 1 amide bonds. The average molecular weight is 363 g/mol. The van der Waals surface area contributed by atoms with Crippen molar-refractivity contribution in [1.29, 1.82) is 0 Å². The van der Waals surface area contributed by atoms with Crippen LogP contribution < -0.4 is 10.6 Å². The molecule has 142 valence electrons. The number of hydrogen-bond acceptors (Lipinski definition) is 2. The molecule has 1 saturated heterocycles. The van der Waals surface area contributed by atoms with Crippen molar-refractivity contribution < 1.29 is 4.79 Å². The molecule has 0 aromatic heterocycles. The third-order valence-electron chi connectivity index (χ3n) is 6.36. The molecule has 0 spiro atoms. The van der Waals surface area contributed by atoms with Crippen LogP contribution in [0.3, 0.4) is 0 Å². The monoisotopic (exact) mass is 362 g/mol. The van der Waals surface area contributed by atoms with Gasteiger partial charge in [0.05, 0.1) is 0 Å². The third-order valence-corrected chi connectivity index (χ3v) is 6.36. The standard InChI is InChI=1S/C24H30N2O/c27-24-21(15-9-17-25-19-12-5-2-6-13-19)23(18-10-3-1-4-11-18)20-14-7-8-16-22(20)26-24/h1-6,10-13,20-23,25H,7-9,14-17H2,(H,26,27)/t20-,21-,22+,23+/m0/s1. The highest BCUT2D eigenvalue weighted by Crippen LogP contribution is 2.45. The number of hydrogen-bond donors (Lipinski definition) is 2. The maximum atomic E-state index is 13.0. The molecule has 2 aromatic carbocycles. The average Bonchev–Trinajstić information content (AvgIpc) is 2.72. The first-order chi connectivity index (χ1) is 13.3. The summed E-state index contributed by atoms with van der Waals surface area (Å²) < 4.78 is 0. The number of carbonyl (C=O) groups is 1. The van der Waals surface area contributed by atoms with Crippen LogP contribution in [0.4, 0.5) is 5.69 Å². The zero-order chi connectivity index (χ0) is 18.5. The Balaban J connectivity index is 1.45. The summed E-state index contributed by atoms with van der Waals surface area (Å²) in [7, 11) is 0. The lowest BCUT2D eigenvalue weighted by molar-refractivity contribution is -0.131. The van der Waals surface area contributed by atoms with Crippen LogP contribution in [0.5, 0.6) is 0 Å². The van der Waals surface area contributed by atoms with E-state index in [1.54, 1.807) is 0 Å². The van der Waals surface area contributed by atoms with Crippen LogP contribution in [-0.2, 0) is 4.79 Å². The second-order valence-corrected chi connectivity index (χ2v) is 8.04. The van der Waals surface area contributed by atoms with Crippen molar-refractivity contribution in [2.45, 2.75) is 50.5 Å². The third kappa shape index (κ3) is 4.18. The van der Waals surface area contributed by atoms with Crippen molar-refractivity contribution in [3.05, 3.63) is 66.2 Å². The number of piperidine rings is 1. The summed E-state index contributed by atoms with van der Waals surface area (Å²) in [6, 6.07) is 21.4. The Morgan fingerprint density at radius 3 is 2.41 bits per heavy atom. The van der Waals surface area contributed by atoms with Crippen molar-refractivity contribution in [2.75, 3.05) is 11.9 Å². The summed E-state index contributed by atoms with van der Waals surface area (Å²) in [6.07, 6.45) is 6.87. The Kier molecular flexibility index (Phi) is 5.76. The van der Waals surface area contributed by atoms with Crippen molar-refractivity contribution in [3.8, 4) is 0 Å². The van der Waals surface area contributed by atoms with E-state index in [0.717, 1.165) is 31.5 Å². The minimum atomic E-state index is 0.0873. The van der Waals surface area contributed by atoms with Gasteiger partial charge in [0.15, 0.2) is 0 Å². The van der Waals surface area contributed by atoms with E-state index < -0.39 is 0 Å². The molecule has 1 heterocycles. The van der Waals surface area contributed by atoms with E-state index in [1.165, 1.54) is 24.8 Å². The van der Waals surface area contributed by atoms with E-state index in [9.17, 15) is 4.79 Å². The fraction of sp³-hybridized carbons (Fsp3) is 0.458. The summed E-state index contributed by atoms with van der Waals surface area (Å²) >= 11 is 0. The number of para-hydroxylation sites is 1. The number of rotatable bonds is 6. The Morgan fingerprint density at radius 2 is 1.63 bits per heavy atom. The van der Waals surface area contributed by atoms with Gasteiger partial charge in [-0.3, -0.25) is 4.79 Å². The SMILES string of the molecule is O=C1N[C@@H]2CCCC[C@@H]2[C@@H](c2ccccc2)[C@@H]1CCCNc1ccccc1. The summed E-state index contributed by atoms with van der Waals surface area (Å²) in [5, 5.41) is 6.85. The maximum absolute atomic E-state index is 13.0. The fourth-order valence-electron chi connectivity index (χ4n) is 5.10. The van der Waals surface area contributed by atoms with Crippen LogP contribution in [0.2, 0.25) is 0 Å². The van der Waals surface area contributed by atoms with Crippen molar-refractivity contribution in [2.24, 2.45) is 11.8 Å². The van der Waals surface area contributed by atoms with Crippen molar-refractivity contribution in [3.63, 3.8) is 0 Å². The molecule has 2 fully saturated rings. The lowest BCUT2D eigenvalue weighted by atomic mass is 9.65. The summed E-state index contributed by atoms with van der Waals surface area (Å²) in [5.41, 5.74) is 2.50. The van der Waals surface area contributed by atoms with E-state index >= 15 is 0 Å². The Bertz CT molecular complexity index is 731. The van der Waals surface area contributed by atoms with E-state index in [-0.39, 0.29) is 11.8 Å². The molecule has 1 aliphatic carbocycles. The van der Waals surface area contributed by atoms with Crippen molar-refractivity contribution >= 4 is 11.6 Å². The number of nitrogens with one attached hydrogen (secondary N) is 2. The number of anilines is 1. The number of amides is 1. The molecule has 1 aliphatic heterocycles. The molecule has 2 aromatic rings. The lowest BCUT2D eigenvalue weighted by Gasteiger charge is -2.46. The first-order valence-corrected chi connectivity index (χ1v) is 10.5. The minimum Gasteiger partial charge on any atom is -0.385 e. The van der Waals surface area contributed by atoms with E-state index in [4.69, 9.17) is 0 Å².